The summed E-state index contributed by atoms with van der Waals surface area (Å²) < 4.78 is 12.3. The third-order valence-corrected chi connectivity index (χ3v) is 4.94. The minimum atomic E-state index is 0.190. The van der Waals surface area contributed by atoms with Crippen LogP contribution in [0.4, 0.5) is 0 Å². The lowest BCUT2D eigenvalue weighted by Gasteiger charge is -2.43. The third kappa shape index (κ3) is 3.06. The van der Waals surface area contributed by atoms with Crippen LogP contribution in [0, 0.1) is 5.92 Å². The predicted octanol–water partition coefficient (Wildman–Crippen LogP) is 2.49. The summed E-state index contributed by atoms with van der Waals surface area (Å²) >= 11 is 0. The van der Waals surface area contributed by atoms with E-state index in [1.165, 1.54) is 45.1 Å². The van der Waals surface area contributed by atoms with Crippen molar-refractivity contribution in [1.82, 2.24) is 5.32 Å². The lowest BCUT2D eigenvalue weighted by molar-refractivity contribution is -0.150. The van der Waals surface area contributed by atoms with Gasteiger partial charge in [-0.05, 0) is 38.1 Å². The van der Waals surface area contributed by atoms with Crippen LogP contribution in [0.5, 0.6) is 0 Å². The van der Waals surface area contributed by atoms with Gasteiger partial charge in [-0.2, -0.15) is 0 Å². The molecule has 3 nitrogen and oxygen atoms in total. The molecular formula is C15H27NO2. The van der Waals surface area contributed by atoms with E-state index in [4.69, 9.17) is 9.47 Å². The maximum Gasteiger partial charge on any atom is 0.0707 e. The molecule has 2 atom stereocenters. The fourth-order valence-electron chi connectivity index (χ4n) is 3.80. The quantitative estimate of drug-likeness (QED) is 0.838. The van der Waals surface area contributed by atoms with Crippen LogP contribution in [0.1, 0.15) is 51.4 Å². The fourth-order valence-corrected chi connectivity index (χ4v) is 3.80. The van der Waals surface area contributed by atoms with Gasteiger partial charge in [0.25, 0.3) is 0 Å². The maximum atomic E-state index is 6.17. The number of hydrogen-bond acceptors (Lipinski definition) is 3. The van der Waals surface area contributed by atoms with Gasteiger partial charge in [-0.15, -0.1) is 0 Å². The van der Waals surface area contributed by atoms with Crippen molar-refractivity contribution in [3.05, 3.63) is 0 Å². The van der Waals surface area contributed by atoms with E-state index in [-0.39, 0.29) is 5.60 Å². The SMILES string of the molecule is C1CCC2(CC1)CC(OCC1CCNC1)CCO2. The standard InChI is InChI=1S/C15H27NO2/c1-2-6-15(7-3-1)10-14(5-9-18-15)17-12-13-4-8-16-11-13/h13-14,16H,1-12H2. The molecule has 3 rings (SSSR count). The topological polar surface area (TPSA) is 30.5 Å². The molecule has 1 saturated carbocycles. The van der Waals surface area contributed by atoms with Crippen LogP contribution in [-0.2, 0) is 9.47 Å². The van der Waals surface area contributed by atoms with E-state index < -0.39 is 0 Å². The zero-order valence-electron chi connectivity index (χ0n) is 11.5. The summed E-state index contributed by atoms with van der Waals surface area (Å²) in [5, 5.41) is 3.41. The van der Waals surface area contributed by atoms with Crippen molar-refractivity contribution >= 4 is 0 Å². The van der Waals surface area contributed by atoms with E-state index >= 15 is 0 Å². The molecule has 2 heterocycles. The first-order chi connectivity index (χ1) is 8.86. The predicted molar refractivity (Wildman–Crippen MR) is 71.7 cm³/mol. The van der Waals surface area contributed by atoms with Crippen molar-refractivity contribution in [2.45, 2.75) is 63.1 Å². The molecule has 0 radical (unpaired) electrons. The number of rotatable bonds is 3. The van der Waals surface area contributed by atoms with Crippen LogP contribution >= 0.6 is 0 Å². The Morgan fingerprint density at radius 3 is 2.83 bits per heavy atom. The zero-order chi connectivity index (χ0) is 12.3. The summed E-state index contributed by atoms with van der Waals surface area (Å²) in [5.74, 6) is 0.746. The van der Waals surface area contributed by atoms with Gasteiger partial charge in [-0.3, -0.25) is 0 Å². The van der Waals surface area contributed by atoms with Gasteiger partial charge < -0.3 is 14.8 Å². The van der Waals surface area contributed by atoms with Gasteiger partial charge in [0.2, 0.25) is 0 Å². The van der Waals surface area contributed by atoms with Crippen molar-refractivity contribution in [3.63, 3.8) is 0 Å². The highest BCUT2D eigenvalue weighted by Gasteiger charge is 2.39. The van der Waals surface area contributed by atoms with E-state index in [1.54, 1.807) is 0 Å². The average Bonchev–Trinajstić information content (AvgIpc) is 2.91. The van der Waals surface area contributed by atoms with Crippen LogP contribution in [0.15, 0.2) is 0 Å². The summed E-state index contributed by atoms with van der Waals surface area (Å²) in [5.41, 5.74) is 0.190. The Kier molecular flexibility index (Phi) is 4.22. The molecule has 2 aliphatic heterocycles. The minimum Gasteiger partial charge on any atom is -0.378 e. The molecule has 1 aliphatic carbocycles. The fraction of sp³-hybridized carbons (Fsp3) is 1.00. The van der Waals surface area contributed by atoms with Crippen molar-refractivity contribution in [2.75, 3.05) is 26.3 Å². The highest BCUT2D eigenvalue weighted by molar-refractivity contribution is 4.90. The first kappa shape index (κ1) is 12.9. The Morgan fingerprint density at radius 1 is 1.17 bits per heavy atom. The molecule has 3 heteroatoms. The van der Waals surface area contributed by atoms with Gasteiger partial charge in [0.15, 0.2) is 0 Å². The van der Waals surface area contributed by atoms with Crippen molar-refractivity contribution in [2.24, 2.45) is 5.92 Å². The normalized spacial score (nSPS) is 36.0. The highest BCUT2D eigenvalue weighted by Crippen LogP contribution is 2.39. The lowest BCUT2D eigenvalue weighted by Crippen LogP contribution is -2.44. The Labute approximate surface area is 111 Å². The molecule has 0 bridgehead atoms. The van der Waals surface area contributed by atoms with Crippen LogP contribution in [0.25, 0.3) is 0 Å². The lowest BCUT2D eigenvalue weighted by atomic mass is 9.79. The summed E-state index contributed by atoms with van der Waals surface area (Å²) in [4.78, 5) is 0. The van der Waals surface area contributed by atoms with Gasteiger partial charge in [0.1, 0.15) is 0 Å². The van der Waals surface area contributed by atoms with Crippen LogP contribution in [0.2, 0.25) is 0 Å². The second-order valence-electron chi connectivity index (χ2n) is 6.40. The van der Waals surface area contributed by atoms with Gasteiger partial charge >= 0.3 is 0 Å². The van der Waals surface area contributed by atoms with Gasteiger partial charge in [-0.1, -0.05) is 19.3 Å². The number of nitrogens with one attached hydrogen (secondary N) is 1. The monoisotopic (exact) mass is 253 g/mol. The van der Waals surface area contributed by atoms with Crippen molar-refractivity contribution < 1.29 is 9.47 Å². The Bertz CT molecular complexity index is 252. The van der Waals surface area contributed by atoms with E-state index in [0.717, 1.165) is 38.5 Å². The van der Waals surface area contributed by atoms with E-state index in [1.807, 2.05) is 0 Å². The molecule has 0 aromatic carbocycles. The van der Waals surface area contributed by atoms with E-state index in [2.05, 4.69) is 5.32 Å². The maximum absolute atomic E-state index is 6.17. The molecule has 0 aromatic rings. The van der Waals surface area contributed by atoms with Gasteiger partial charge in [-0.25, -0.2) is 0 Å². The molecular weight excluding hydrogens is 226 g/mol. The van der Waals surface area contributed by atoms with Crippen LogP contribution in [-0.4, -0.2) is 38.0 Å². The largest absolute Gasteiger partial charge is 0.378 e. The Hall–Kier alpha value is -0.120. The van der Waals surface area contributed by atoms with E-state index in [9.17, 15) is 0 Å². The molecule has 3 fully saturated rings. The van der Waals surface area contributed by atoms with Gasteiger partial charge in [0, 0.05) is 19.6 Å². The Morgan fingerprint density at radius 2 is 2.06 bits per heavy atom. The first-order valence-electron chi connectivity index (χ1n) is 7.83. The van der Waals surface area contributed by atoms with Crippen LogP contribution < -0.4 is 5.32 Å². The molecule has 2 saturated heterocycles. The van der Waals surface area contributed by atoms with Crippen molar-refractivity contribution in [1.29, 1.82) is 0 Å². The summed E-state index contributed by atoms with van der Waals surface area (Å²) in [6, 6.07) is 0. The molecule has 104 valence electrons. The smallest absolute Gasteiger partial charge is 0.0707 e. The second kappa shape index (κ2) is 5.89. The van der Waals surface area contributed by atoms with Crippen molar-refractivity contribution in [3.8, 4) is 0 Å². The highest BCUT2D eigenvalue weighted by atomic mass is 16.5. The van der Waals surface area contributed by atoms with Gasteiger partial charge in [0.05, 0.1) is 18.3 Å². The summed E-state index contributed by atoms with van der Waals surface area (Å²) in [6.45, 7) is 4.18. The molecule has 0 aromatic heterocycles. The van der Waals surface area contributed by atoms with Crippen LogP contribution in [0.3, 0.4) is 0 Å². The molecule has 0 amide bonds. The first-order valence-corrected chi connectivity index (χ1v) is 7.83. The number of hydrogen-bond donors (Lipinski definition) is 1. The third-order valence-electron chi connectivity index (χ3n) is 4.94. The van der Waals surface area contributed by atoms with E-state index in [0.29, 0.717) is 6.10 Å². The molecule has 1 spiro atoms. The molecule has 3 aliphatic rings. The molecule has 18 heavy (non-hydrogen) atoms. The summed E-state index contributed by atoms with van der Waals surface area (Å²) in [6.07, 6.45) is 10.6. The molecule has 1 N–H and O–H groups in total. The number of ether oxygens (including phenoxy) is 2. The zero-order valence-corrected chi connectivity index (χ0v) is 11.5. The Balaban J connectivity index is 1.47. The minimum absolute atomic E-state index is 0.190. The second-order valence-corrected chi connectivity index (χ2v) is 6.40. The average molecular weight is 253 g/mol. The molecule has 2 unspecified atom stereocenters. The summed E-state index contributed by atoms with van der Waals surface area (Å²) in [7, 11) is 0.